The van der Waals surface area contributed by atoms with Crippen molar-refractivity contribution in [1.29, 1.82) is 0 Å². The molecule has 21 heavy (non-hydrogen) atoms. The average Bonchev–Trinajstić information content (AvgIpc) is 2.97. The summed E-state index contributed by atoms with van der Waals surface area (Å²) in [5, 5.41) is 10.1. The minimum absolute atomic E-state index is 0.141. The van der Waals surface area contributed by atoms with E-state index in [-0.39, 0.29) is 12.3 Å². The van der Waals surface area contributed by atoms with Gasteiger partial charge in [0.1, 0.15) is 6.04 Å². The number of pyridine rings is 1. The van der Waals surface area contributed by atoms with Crippen molar-refractivity contribution in [3.05, 3.63) is 42.1 Å². The Labute approximate surface area is 122 Å². The number of nitrogens with zero attached hydrogens (tertiary/aromatic N) is 2. The van der Waals surface area contributed by atoms with E-state index < -0.39 is 12.0 Å². The van der Waals surface area contributed by atoms with Crippen LogP contribution in [0.5, 0.6) is 0 Å². The first-order chi connectivity index (χ1) is 10.2. The van der Waals surface area contributed by atoms with Crippen LogP contribution in [0.4, 0.5) is 0 Å². The SMILES string of the molecule is O=C(O)C1CCCN1C(=O)Cc1cccc2cccnc12. The van der Waals surface area contributed by atoms with E-state index in [9.17, 15) is 9.59 Å². The number of aromatic nitrogens is 1. The molecule has 5 nitrogen and oxygen atoms in total. The molecular weight excluding hydrogens is 268 g/mol. The average molecular weight is 284 g/mol. The molecule has 0 radical (unpaired) electrons. The van der Waals surface area contributed by atoms with Crippen molar-refractivity contribution in [3.8, 4) is 0 Å². The highest BCUT2D eigenvalue weighted by atomic mass is 16.4. The molecule has 0 aliphatic carbocycles. The number of aliphatic carboxylic acids is 1. The first-order valence-corrected chi connectivity index (χ1v) is 7.02. The smallest absolute Gasteiger partial charge is 0.326 e. The summed E-state index contributed by atoms with van der Waals surface area (Å²) in [6, 6.07) is 8.85. The quantitative estimate of drug-likeness (QED) is 0.933. The molecule has 1 aromatic carbocycles. The Kier molecular flexibility index (Phi) is 3.56. The summed E-state index contributed by atoms with van der Waals surface area (Å²) in [6.45, 7) is 0.522. The first-order valence-electron chi connectivity index (χ1n) is 7.02. The van der Waals surface area contributed by atoms with Crippen LogP contribution >= 0.6 is 0 Å². The molecule has 0 saturated carbocycles. The highest BCUT2D eigenvalue weighted by Crippen LogP contribution is 2.21. The van der Waals surface area contributed by atoms with Gasteiger partial charge in [-0.05, 0) is 24.5 Å². The number of likely N-dealkylation sites (tertiary alicyclic amines) is 1. The van der Waals surface area contributed by atoms with Gasteiger partial charge in [0.2, 0.25) is 5.91 Å². The number of fused-ring (bicyclic) bond motifs is 1. The maximum absolute atomic E-state index is 12.4. The molecule has 2 heterocycles. The Balaban J connectivity index is 1.85. The van der Waals surface area contributed by atoms with Crippen molar-refractivity contribution in [2.75, 3.05) is 6.54 Å². The van der Waals surface area contributed by atoms with Crippen LogP contribution in [-0.2, 0) is 16.0 Å². The second-order valence-electron chi connectivity index (χ2n) is 5.25. The molecule has 108 valence electrons. The number of hydrogen-bond donors (Lipinski definition) is 1. The monoisotopic (exact) mass is 284 g/mol. The van der Waals surface area contributed by atoms with Crippen molar-refractivity contribution in [2.45, 2.75) is 25.3 Å². The lowest BCUT2D eigenvalue weighted by atomic mass is 10.1. The van der Waals surface area contributed by atoms with Crippen molar-refractivity contribution in [3.63, 3.8) is 0 Å². The van der Waals surface area contributed by atoms with Crippen LogP contribution < -0.4 is 0 Å². The van der Waals surface area contributed by atoms with Gasteiger partial charge in [0.15, 0.2) is 0 Å². The van der Waals surface area contributed by atoms with Gasteiger partial charge in [-0.2, -0.15) is 0 Å². The van der Waals surface area contributed by atoms with Crippen LogP contribution in [0.2, 0.25) is 0 Å². The fraction of sp³-hybridized carbons (Fsp3) is 0.312. The number of carboxylic acids is 1. The second kappa shape index (κ2) is 5.52. The van der Waals surface area contributed by atoms with E-state index in [4.69, 9.17) is 5.11 Å². The van der Waals surface area contributed by atoms with Crippen LogP contribution in [0.1, 0.15) is 18.4 Å². The van der Waals surface area contributed by atoms with Crippen molar-refractivity contribution in [2.24, 2.45) is 0 Å². The number of rotatable bonds is 3. The second-order valence-corrected chi connectivity index (χ2v) is 5.25. The summed E-state index contributed by atoms with van der Waals surface area (Å²) >= 11 is 0. The summed E-state index contributed by atoms with van der Waals surface area (Å²) in [5.74, 6) is -1.06. The van der Waals surface area contributed by atoms with E-state index in [0.29, 0.717) is 13.0 Å². The van der Waals surface area contributed by atoms with Crippen molar-refractivity contribution < 1.29 is 14.7 Å². The Bertz CT molecular complexity index is 693. The topological polar surface area (TPSA) is 70.5 Å². The zero-order valence-electron chi connectivity index (χ0n) is 11.5. The van der Waals surface area contributed by atoms with E-state index in [0.717, 1.165) is 22.9 Å². The highest BCUT2D eigenvalue weighted by molar-refractivity contribution is 5.90. The molecule has 1 amide bonds. The number of para-hydroxylation sites is 1. The molecule has 0 bridgehead atoms. The molecular formula is C16H16N2O3. The Morgan fingerprint density at radius 2 is 2.10 bits per heavy atom. The summed E-state index contributed by atoms with van der Waals surface area (Å²) in [7, 11) is 0. The molecule has 1 unspecified atom stereocenters. The third kappa shape index (κ3) is 2.59. The van der Waals surface area contributed by atoms with Gasteiger partial charge < -0.3 is 10.0 Å². The molecule has 3 rings (SSSR count). The van der Waals surface area contributed by atoms with Gasteiger partial charge in [0.25, 0.3) is 0 Å². The lowest BCUT2D eigenvalue weighted by molar-refractivity contribution is -0.147. The predicted molar refractivity (Wildman–Crippen MR) is 77.8 cm³/mol. The van der Waals surface area contributed by atoms with E-state index in [1.807, 2.05) is 30.3 Å². The molecule has 1 fully saturated rings. The molecule has 5 heteroatoms. The Morgan fingerprint density at radius 3 is 2.90 bits per heavy atom. The van der Waals surface area contributed by atoms with Gasteiger partial charge >= 0.3 is 5.97 Å². The van der Waals surface area contributed by atoms with Crippen molar-refractivity contribution in [1.82, 2.24) is 9.88 Å². The summed E-state index contributed by atoms with van der Waals surface area (Å²) in [5.41, 5.74) is 1.65. The number of carboxylic acid groups (broad SMARTS) is 1. The zero-order chi connectivity index (χ0) is 14.8. The van der Waals surface area contributed by atoms with E-state index >= 15 is 0 Å². The van der Waals surface area contributed by atoms with E-state index in [1.54, 1.807) is 6.20 Å². The lowest BCUT2D eigenvalue weighted by Gasteiger charge is -2.21. The fourth-order valence-electron chi connectivity index (χ4n) is 2.90. The Morgan fingerprint density at radius 1 is 1.29 bits per heavy atom. The third-order valence-corrected chi connectivity index (χ3v) is 3.92. The minimum Gasteiger partial charge on any atom is -0.480 e. The number of carbonyl (C=O) groups is 2. The van der Waals surface area contributed by atoms with Gasteiger partial charge in [-0.3, -0.25) is 9.78 Å². The number of amides is 1. The molecule has 1 saturated heterocycles. The Hall–Kier alpha value is -2.43. The standard InChI is InChI=1S/C16H16N2O3/c19-14(18-9-3-7-13(18)16(20)21)10-12-5-1-4-11-6-2-8-17-15(11)12/h1-2,4-6,8,13H,3,7,9-10H2,(H,20,21). The first kappa shape index (κ1) is 13.5. The zero-order valence-corrected chi connectivity index (χ0v) is 11.5. The van der Waals surface area contributed by atoms with Gasteiger partial charge in [0.05, 0.1) is 11.9 Å². The molecule has 1 aromatic heterocycles. The summed E-state index contributed by atoms with van der Waals surface area (Å²) in [4.78, 5) is 29.4. The largest absolute Gasteiger partial charge is 0.480 e. The van der Waals surface area contributed by atoms with Gasteiger partial charge in [-0.25, -0.2) is 4.79 Å². The molecule has 0 spiro atoms. The molecule has 1 aliphatic rings. The number of hydrogen-bond acceptors (Lipinski definition) is 3. The summed E-state index contributed by atoms with van der Waals surface area (Å²) < 4.78 is 0. The lowest BCUT2D eigenvalue weighted by Crippen LogP contribution is -2.41. The number of benzene rings is 1. The molecule has 1 aliphatic heterocycles. The summed E-state index contributed by atoms with van der Waals surface area (Å²) in [6.07, 6.45) is 3.18. The van der Waals surface area contributed by atoms with E-state index in [1.165, 1.54) is 4.90 Å². The van der Waals surface area contributed by atoms with Crippen molar-refractivity contribution >= 4 is 22.8 Å². The molecule has 2 aromatic rings. The van der Waals surface area contributed by atoms with Crippen LogP contribution in [0.15, 0.2) is 36.5 Å². The van der Waals surface area contributed by atoms with Crippen LogP contribution in [0.25, 0.3) is 10.9 Å². The van der Waals surface area contributed by atoms with Gasteiger partial charge in [-0.15, -0.1) is 0 Å². The van der Waals surface area contributed by atoms with E-state index in [2.05, 4.69) is 4.98 Å². The fourth-order valence-corrected chi connectivity index (χ4v) is 2.90. The third-order valence-electron chi connectivity index (χ3n) is 3.92. The van der Waals surface area contributed by atoms with Crippen LogP contribution in [0, 0.1) is 0 Å². The minimum atomic E-state index is -0.920. The van der Waals surface area contributed by atoms with Gasteiger partial charge in [-0.1, -0.05) is 24.3 Å². The molecule has 1 N–H and O–H groups in total. The maximum atomic E-state index is 12.4. The highest BCUT2D eigenvalue weighted by Gasteiger charge is 2.33. The maximum Gasteiger partial charge on any atom is 0.326 e. The predicted octanol–water partition coefficient (Wildman–Crippen LogP) is 1.85. The van der Waals surface area contributed by atoms with Crippen LogP contribution in [0.3, 0.4) is 0 Å². The van der Waals surface area contributed by atoms with Crippen LogP contribution in [-0.4, -0.2) is 39.5 Å². The normalized spacial score (nSPS) is 18.1. The molecule has 1 atom stereocenters. The van der Waals surface area contributed by atoms with Gasteiger partial charge in [0, 0.05) is 18.1 Å². The number of carbonyl (C=O) groups excluding carboxylic acids is 1.